The minimum absolute atomic E-state index is 0.0787. The fourth-order valence-corrected chi connectivity index (χ4v) is 3.76. The van der Waals surface area contributed by atoms with E-state index in [9.17, 15) is 24.8 Å². The number of nitro groups is 1. The summed E-state index contributed by atoms with van der Waals surface area (Å²) in [6.45, 7) is 0. The number of Topliss-reactive ketones (excluding diaryl/α,β-unsaturated/α-hetero) is 1. The number of hydrogen-bond donors (Lipinski definition) is 1. The van der Waals surface area contributed by atoms with Gasteiger partial charge in [0, 0.05) is 17.6 Å². The van der Waals surface area contributed by atoms with E-state index in [4.69, 9.17) is 4.42 Å². The molecule has 1 amide bonds. The standard InChI is InChI=1S/C18H11N3O6S/c22-15(12-6-3-8-27-12)13-14(10-4-1-2-5-11(10)21(25)26)20(17(24)16(13)23)18-19-7-9-28-18/h1-9,14,23H. The van der Waals surface area contributed by atoms with Crippen molar-refractivity contribution in [3.05, 3.63) is 87.0 Å². The monoisotopic (exact) mass is 397 g/mol. The molecule has 2 aromatic heterocycles. The predicted molar refractivity (Wildman–Crippen MR) is 98.1 cm³/mol. The second-order valence-electron chi connectivity index (χ2n) is 5.78. The number of rotatable bonds is 5. The Labute approximate surface area is 161 Å². The molecule has 4 rings (SSSR count). The van der Waals surface area contributed by atoms with Crippen molar-refractivity contribution in [1.82, 2.24) is 4.98 Å². The van der Waals surface area contributed by atoms with Crippen LogP contribution in [-0.4, -0.2) is 26.7 Å². The lowest BCUT2D eigenvalue weighted by molar-refractivity contribution is -0.385. The van der Waals surface area contributed by atoms with E-state index in [1.165, 1.54) is 42.8 Å². The maximum atomic E-state index is 13.0. The number of thiazole rings is 1. The topological polar surface area (TPSA) is 127 Å². The number of anilines is 1. The predicted octanol–water partition coefficient (Wildman–Crippen LogP) is 3.43. The van der Waals surface area contributed by atoms with E-state index in [2.05, 4.69) is 4.98 Å². The highest BCUT2D eigenvalue weighted by molar-refractivity contribution is 7.13. The largest absolute Gasteiger partial charge is 0.503 e. The maximum Gasteiger partial charge on any atom is 0.296 e. The number of benzene rings is 1. The number of aliphatic hydroxyl groups excluding tert-OH is 1. The molecule has 3 heterocycles. The molecule has 0 spiro atoms. The van der Waals surface area contributed by atoms with Crippen LogP contribution in [0.25, 0.3) is 0 Å². The summed E-state index contributed by atoms with van der Waals surface area (Å²) >= 11 is 1.10. The summed E-state index contributed by atoms with van der Waals surface area (Å²) in [7, 11) is 0. The molecule has 1 N–H and O–H groups in total. The fourth-order valence-electron chi connectivity index (χ4n) is 3.09. The van der Waals surface area contributed by atoms with Gasteiger partial charge in [0.2, 0.25) is 5.78 Å². The zero-order valence-corrected chi connectivity index (χ0v) is 14.8. The zero-order valence-electron chi connectivity index (χ0n) is 14.0. The first-order valence-corrected chi connectivity index (χ1v) is 8.86. The lowest BCUT2D eigenvalue weighted by Crippen LogP contribution is -2.31. The second-order valence-corrected chi connectivity index (χ2v) is 6.65. The zero-order chi connectivity index (χ0) is 19.8. The molecule has 3 aromatic rings. The van der Waals surface area contributed by atoms with E-state index < -0.39 is 28.4 Å². The Morgan fingerprint density at radius 3 is 2.71 bits per heavy atom. The number of aliphatic hydroxyl groups is 1. The first-order chi connectivity index (χ1) is 13.5. The molecule has 1 aliphatic heterocycles. The van der Waals surface area contributed by atoms with Crippen LogP contribution < -0.4 is 4.90 Å². The van der Waals surface area contributed by atoms with E-state index in [-0.39, 0.29) is 27.7 Å². The van der Waals surface area contributed by atoms with Crippen LogP contribution in [0.1, 0.15) is 22.2 Å². The van der Waals surface area contributed by atoms with Crippen LogP contribution in [0.5, 0.6) is 0 Å². The number of nitro benzene ring substituents is 1. The van der Waals surface area contributed by atoms with Crippen LogP contribution in [0, 0.1) is 10.1 Å². The van der Waals surface area contributed by atoms with Gasteiger partial charge in [-0.15, -0.1) is 11.3 Å². The Balaban J connectivity index is 1.95. The maximum absolute atomic E-state index is 13.0. The number of carbonyl (C=O) groups excluding carboxylic acids is 2. The average molecular weight is 397 g/mol. The summed E-state index contributed by atoms with van der Waals surface area (Å²) in [5.74, 6) is -2.50. The molecule has 0 saturated heterocycles. The molecule has 28 heavy (non-hydrogen) atoms. The van der Waals surface area contributed by atoms with Crippen LogP contribution in [0.2, 0.25) is 0 Å². The molecule has 0 aliphatic carbocycles. The Kier molecular flexibility index (Phi) is 4.24. The van der Waals surface area contributed by atoms with Crippen molar-refractivity contribution in [1.29, 1.82) is 0 Å². The highest BCUT2D eigenvalue weighted by Crippen LogP contribution is 2.44. The van der Waals surface area contributed by atoms with Gasteiger partial charge in [0.15, 0.2) is 16.7 Å². The molecule has 0 bridgehead atoms. The van der Waals surface area contributed by atoms with Gasteiger partial charge in [-0.2, -0.15) is 0 Å². The highest BCUT2D eigenvalue weighted by atomic mass is 32.1. The molecule has 1 unspecified atom stereocenters. The van der Waals surface area contributed by atoms with Crippen LogP contribution in [0.3, 0.4) is 0 Å². The number of nitrogens with zero attached hydrogens (tertiary/aromatic N) is 3. The van der Waals surface area contributed by atoms with Gasteiger partial charge < -0.3 is 9.52 Å². The minimum Gasteiger partial charge on any atom is -0.503 e. The normalized spacial score (nSPS) is 16.6. The Hall–Kier alpha value is -3.79. The smallest absolute Gasteiger partial charge is 0.296 e. The van der Waals surface area contributed by atoms with Gasteiger partial charge in [0.25, 0.3) is 11.6 Å². The Morgan fingerprint density at radius 1 is 1.29 bits per heavy atom. The third-order valence-corrected chi connectivity index (χ3v) is 5.02. The third-order valence-electron chi connectivity index (χ3n) is 4.25. The molecular weight excluding hydrogens is 386 g/mol. The van der Waals surface area contributed by atoms with Gasteiger partial charge in [0.1, 0.15) is 6.04 Å². The lowest BCUT2D eigenvalue weighted by atomic mass is 9.94. The highest BCUT2D eigenvalue weighted by Gasteiger charge is 2.48. The molecule has 1 atom stereocenters. The third kappa shape index (κ3) is 2.67. The Morgan fingerprint density at radius 2 is 2.07 bits per heavy atom. The van der Waals surface area contributed by atoms with Gasteiger partial charge in [-0.25, -0.2) is 4.98 Å². The minimum atomic E-state index is -1.22. The van der Waals surface area contributed by atoms with Crippen molar-refractivity contribution in [2.45, 2.75) is 6.04 Å². The number of aromatic nitrogens is 1. The van der Waals surface area contributed by atoms with E-state index in [1.54, 1.807) is 11.4 Å². The lowest BCUT2D eigenvalue weighted by Gasteiger charge is -2.23. The number of furan rings is 1. The van der Waals surface area contributed by atoms with Gasteiger partial charge in [-0.05, 0) is 18.2 Å². The summed E-state index contributed by atoms with van der Waals surface area (Å²) in [5.41, 5.74) is -0.513. The van der Waals surface area contributed by atoms with Crippen LogP contribution in [-0.2, 0) is 4.79 Å². The Bertz CT molecular complexity index is 1100. The van der Waals surface area contributed by atoms with E-state index in [0.29, 0.717) is 0 Å². The molecule has 1 aliphatic rings. The molecule has 10 heteroatoms. The molecule has 140 valence electrons. The number of amides is 1. The number of ketones is 1. The summed E-state index contributed by atoms with van der Waals surface area (Å²) in [6, 6.07) is 7.38. The van der Waals surface area contributed by atoms with Gasteiger partial charge in [-0.1, -0.05) is 12.1 Å². The molecule has 0 saturated carbocycles. The second kappa shape index (κ2) is 6.74. The van der Waals surface area contributed by atoms with E-state index in [1.807, 2.05) is 0 Å². The van der Waals surface area contributed by atoms with E-state index in [0.717, 1.165) is 16.2 Å². The number of carbonyl (C=O) groups is 2. The van der Waals surface area contributed by atoms with E-state index >= 15 is 0 Å². The van der Waals surface area contributed by atoms with Crippen molar-refractivity contribution in [3.63, 3.8) is 0 Å². The van der Waals surface area contributed by atoms with Gasteiger partial charge in [0.05, 0.1) is 22.3 Å². The summed E-state index contributed by atoms with van der Waals surface area (Å²) in [6.07, 6.45) is 2.73. The quantitative estimate of drug-likeness (QED) is 0.397. The molecule has 0 fully saturated rings. The number of para-hydroxylation sites is 1. The van der Waals surface area contributed by atoms with Crippen molar-refractivity contribution in [2.75, 3.05) is 4.90 Å². The summed E-state index contributed by atoms with van der Waals surface area (Å²) < 4.78 is 5.11. The number of hydrogen-bond acceptors (Lipinski definition) is 8. The molecule has 1 aromatic carbocycles. The molecule has 9 nitrogen and oxygen atoms in total. The van der Waals surface area contributed by atoms with Crippen LogP contribution >= 0.6 is 11.3 Å². The summed E-state index contributed by atoms with van der Waals surface area (Å²) in [5, 5.41) is 23.8. The van der Waals surface area contributed by atoms with Gasteiger partial charge >= 0.3 is 0 Å². The summed E-state index contributed by atoms with van der Waals surface area (Å²) in [4.78, 5) is 41.8. The van der Waals surface area contributed by atoms with Crippen molar-refractivity contribution >= 4 is 33.8 Å². The first kappa shape index (κ1) is 17.6. The van der Waals surface area contributed by atoms with Crippen molar-refractivity contribution < 1.29 is 24.0 Å². The van der Waals surface area contributed by atoms with Crippen molar-refractivity contribution in [3.8, 4) is 0 Å². The van der Waals surface area contributed by atoms with Crippen molar-refractivity contribution in [2.24, 2.45) is 0 Å². The molecule has 0 radical (unpaired) electrons. The average Bonchev–Trinajstić information content (AvgIpc) is 3.43. The molecular formula is C18H11N3O6S. The van der Waals surface area contributed by atoms with Crippen LogP contribution in [0.15, 0.2) is 70.0 Å². The fraction of sp³-hybridized carbons (Fsp3) is 0.0556. The first-order valence-electron chi connectivity index (χ1n) is 7.98. The SMILES string of the molecule is O=C(C1=C(O)C(=O)N(c2nccs2)C1c1ccccc1[N+](=O)[O-])c1ccco1. The van der Waals surface area contributed by atoms with Gasteiger partial charge in [-0.3, -0.25) is 24.6 Å². The van der Waals surface area contributed by atoms with Crippen LogP contribution in [0.4, 0.5) is 10.8 Å².